The van der Waals surface area contributed by atoms with Crippen LogP contribution < -0.4 is 16.0 Å². The van der Waals surface area contributed by atoms with Crippen LogP contribution >= 0.6 is 0 Å². The second-order valence-electron chi connectivity index (χ2n) is 3.76. The van der Waals surface area contributed by atoms with Crippen LogP contribution in [0.2, 0.25) is 0 Å². The zero-order valence-corrected chi connectivity index (χ0v) is 10.2. The van der Waals surface area contributed by atoms with Gasteiger partial charge in [-0.1, -0.05) is 12.1 Å². The van der Waals surface area contributed by atoms with Crippen LogP contribution in [0.4, 0.5) is 11.4 Å². The van der Waals surface area contributed by atoms with Crippen LogP contribution in [0, 0.1) is 0 Å². The lowest BCUT2D eigenvalue weighted by Crippen LogP contribution is -2.40. The molecule has 0 aliphatic carbocycles. The topological polar surface area (TPSA) is 95.7 Å². The Hall–Kier alpha value is -2.24. The quantitative estimate of drug-likeness (QED) is 0.632. The van der Waals surface area contributed by atoms with E-state index in [2.05, 4.69) is 5.32 Å². The van der Waals surface area contributed by atoms with E-state index in [4.69, 9.17) is 10.8 Å². The van der Waals surface area contributed by atoms with E-state index in [9.17, 15) is 9.59 Å². The molecule has 0 spiro atoms. The highest BCUT2D eigenvalue weighted by molar-refractivity contribution is 5.86. The number of rotatable bonds is 6. The van der Waals surface area contributed by atoms with Gasteiger partial charge < -0.3 is 21.1 Å². The molecule has 1 aromatic carbocycles. The second kappa shape index (κ2) is 6.48. The number of anilines is 2. The van der Waals surface area contributed by atoms with E-state index in [-0.39, 0.29) is 19.0 Å². The zero-order chi connectivity index (χ0) is 13.5. The maximum Gasteiger partial charge on any atom is 0.323 e. The van der Waals surface area contributed by atoms with Crippen molar-refractivity contribution in [1.29, 1.82) is 0 Å². The highest BCUT2D eigenvalue weighted by Crippen LogP contribution is 2.21. The smallest absolute Gasteiger partial charge is 0.323 e. The van der Waals surface area contributed by atoms with Gasteiger partial charge in [0.2, 0.25) is 5.91 Å². The third kappa shape index (κ3) is 3.97. The Bertz CT molecular complexity index is 434. The predicted molar refractivity (Wildman–Crippen MR) is 69.4 cm³/mol. The number of aliphatic carboxylic acids is 1. The molecule has 6 heteroatoms. The number of amides is 1. The summed E-state index contributed by atoms with van der Waals surface area (Å²) in [6, 6.07) is 6.86. The van der Waals surface area contributed by atoms with Crippen molar-refractivity contribution in [3.8, 4) is 0 Å². The lowest BCUT2D eigenvalue weighted by atomic mass is 10.2. The number of benzene rings is 1. The fraction of sp³-hybridized carbons (Fsp3) is 0.333. The fourth-order valence-electron chi connectivity index (χ4n) is 1.59. The number of nitrogens with two attached hydrogens (primary N) is 1. The summed E-state index contributed by atoms with van der Waals surface area (Å²) in [7, 11) is 0. The maximum atomic E-state index is 11.5. The van der Waals surface area contributed by atoms with E-state index in [0.29, 0.717) is 17.9 Å². The molecule has 18 heavy (non-hydrogen) atoms. The van der Waals surface area contributed by atoms with Crippen molar-refractivity contribution >= 4 is 23.3 Å². The van der Waals surface area contributed by atoms with Crippen LogP contribution in [0.15, 0.2) is 24.3 Å². The summed E-state index contributed by atoms with van der Waals surface area (Å²) in [5.74, 6) is -1.25. The Balaban J connectivity index is 2.88. The van der Waals surface area contributed by atoms with E-state index >= 15 is 0 Å². The average molecular weight is 251 g/mol. The Labute approximate surface area is 105 Å². The summed E-state index contributed by atoms with van der Waals surface area (Å²) < 4.78 is 0. The number of likely N-dealkylation sites (N-methyl/N-ethyl adjacent to an activating group) is 1. The highest BCUT2D eigenvalue weighted by atomic mass is 16.4. The highest BCUT2D eigenvalue weighted by Gasteiger charge is 2.16. The number of nitrogens with one attached hydrogen (secondary N) is 1. The summed E-state index contributed by atoms with van der Waals surface area (Å²) in [6.45, 7) is 2.00. The summed E-state index contributed by atoms with van der Waals surface area (Å²) in [4.78, 5) is 23.8. The number of carbonyl (C=O) groups is 2. The summed E-state index contributed by atoms with van der Waals surface area (Å²) >= 11 is 0. The largest absolute Gasteiger partial charge is 0.480 e. The summed E-state index contributed by atoms with van der Waals surface area (Å²) in [5.41, 5.74) is 6.78. The van der Waals surface area contributed by atoms with Gasteiger partial charge in [0.1, 0.15) is 6.54 Å². The van der Waals surface area contributed by atoms with Gasteiger partial charge in [-0.25, -0.2) is 0 Å². The molecule has 0 aliphatic rings. The van der Waals surface area contributed by atoms with Crippen molar-refractivity contribution < 1.29 is 14.7 Å². The molecule has 0 aliphatic heterocycles. The number of carboxylic acids is 1. The third-order valence-electron chi connectivity index (χ3n) is 2.31. The molecule has 0 heterocycles. The van der Waals surface area contributed by atoms with E-state index in [0.717, 1.165) is 0 Å². The standard InChI is InChI=1S/C12H17N3O3/c1-2-14-11(16)7-15(8-12(17)18)10-6-4-3-5-9(10)13/h3-6H,2,7-8,13H2,1H3,(H,14,16)(H,17,18). The first kappa shape index (κ1) is 13.8. The van der Waals surface area contributed by atoms with Crippen molar-refractivity contribution in [3.05, 3.63) is 24.3 Å². The first-order chi connectivity index (χ1) is 8.54. The molecule has 0 unspecified atom stereocenters. The molecule has 0 radical (unpaired) electrons. The van der Waals surface area contributed by atoms with Crippen LogP contribution in [0.1, 0.15) is 6.92 Å². The van der Waals surface area contributed by atoms with Crippen LogP contribution in [-0.4, -0.2) is 36.6 Å². The van der Waals surface area contributed by atoms with E-state index in [1.54, 1.807) is 31.2 Å². The van der Waals surface area contributed by atoms with Crippen LogP contribution in [-0.2, 0) is 9.59 Å². The van der Waals surface area contributed by atoms with Gasteiger partial charge in [0.05, 0.1) is 17.9 Å². The molecule has 0 aromatic heterocycles. The first-order valence-electron chi connectivity index (χ1n) is 5.62. The molecule has 0 saturated heterocycles. The van der Waals surface area contributed by atoms with Gasteiger partial charge in [0, 0.05) is 6.54 Å². The van der Waals surface area contributed by atoms with Crippen molar-refractivity contribution in [2.24, 2.45) is 0 Å². The van der Waals surface area contributed by atoms with Gasteiger partial charge in [-0.3, -0.25) is 9.59 Å². The molecule has 1 amide bonds. The molecular formula is C12H17N3O3. The first-order valence-corrected chi connectivity index (χ1v) is 5.62. The monoisotopic (exact) mass is 251 g/mol. The van der Waals surface area contributed by atoms with Gasteiger partial charge in [0.15, 0.2) is 0 Å². The van der Waals surface area contributed by atoms with Crippen molar-refractivity contribution in [2.75, 3.05) is 30.3 Å². The SMILES string of the molecule is CCNC(=O)CN(CC(=O)O)c1ccccc1N. The number of para-hydroxylation sites is 2. The summed E-state index contributed by atoms with van der Waals surface area (Å²) in [5, 5.41) is 11.5. The lowest BCUT2D eigenvalue weighted by Gasteiger charge is -2.23. The molecule has 1 rings (SSSR count). The number of nitrogens with zero attached hydrogens (tertiary/aromatic N) is 1. The molecule has 98 valence electrons. The molecule has 0 bridgehead atoms. The minimum absolute atomic E-state index is 0.0334. The Morgan fingerprint density at radius 1 is 1.33 bits per heavy atom. The zero-order valence-electron chi connectivity index (χ0n) is 10.2. The van der Waals surface area contributed by atoms with Gasteiger partial charge in [-0.2, -0.15) is 0 Å². The van der Waals surface area contributed by atoms with Crippen LogP contribution in [0.5, 0.6) is 0 Å². The van der Waals surface area contributed by atoms with Gasteiger partial charge in [-0.15, -0.1) is 0 Å². The molecule has 0 fully saturated rings. The minimum atomic E-state index is -1.01. The van der Waals surface area contributed by atoms with Gasteiger partial charge >= 0.3 is 5.97 Å². The third-order valence-corrected chi connectivity index (χ3v) is 2.31. The van der Waals surface area contributed by atoms with Crippen LogP contribution in [0.25, 0.3) is 0 Å². The number of hydrogen-bond acceptors (Lipinski definition) is 4. The minimum Gasteiger partial charge on any atom is -0.480 e. The number of nitrogen functional groups attached to an aromatic ring is 1. The van der Waals surface area contributed by atoms with E-state index in [1.807, 2.05) is 0 Å². The number of carbonyl (C=O) groups excluding carboxylic acids is 1. The van der Waals surface area contributed by atoms with Crippen molar-refractivity contribution in [2.45, 2.75) is 6.92 Å². The second-order valence-corrected chi connectivity index (χ2v) is 3.76. The molecule has 6 nitrogen and oxygen atoms in total. The van der Waals surface area contributed by atoms with Gasteiger partial charge in [-0.05, 0) is 19.1 Å². The van der Waals surface area contributed by atoms with Gasteiger partial charge in [0.25, 0.3) is 0 Å². The molecular weight excluding hydrogens is 234 g/mol. The fourth-order valence-corrected chi connectivity index (χ4v) is 1.59. The average Bonchev–Trinajstić information content (AvgIpc) is 2.28. The predicted octanol–water partition coefficient (Wildman–Crippen LogP) is 0.296. The van der Waals surface area contributed by atoms with Crippen molar-refractivity contribution in [3.63, 3.8) is 0 Å². The Kier molecular flexibility index (Phi) is 4.98. The summed E-state index contributed by atoms with van der Waals surface area (Å²) in [6.07, 6.45) is 0. The molecule has 0 atom stereocenters. The Morgan fingerprint density at radius 2 is 2.00 bits per heavy atom. The van der Waals surface area contributed by atoms with Crippen molar-refractivity contribution in [1.82, 2.24) is 5.32 Å². The molecule has 0 saturated carbocycles. The normalized spacial score (nSPS) is 9.83. The van der Waals surface area contributed by atoms with E-state index in [1.165, 1.54) is 4.90 Å². The number of hydrogen-bond donors (Lipinski definition) is 3. The Morgan fingerprint density at radius 3 is 2.56 bits per heavy atom. The van der Waals surface area contributed by atoms with E-state index < -0.39 is 5.97 Å². The maximum absolute atomic E-state index is 11.5. The lowest BCUT2D eigenvalue weighted by molar-refractivity contribution is -0.135. The van der Waals surface area contributed by atoms with Crippen LogP contribution in [0.3, 0.4) is 0 Å². The molecule has 4 N–H and O–H groups in total. The number of carboxylic acid groups (broad SMARTS) is 1. The molecule has 1 aromatic rings.